The minimum atomic E-state index is 0.0567. The molecule has 0 saturated carbocycles. The summed E-state index contributed by atoms with van der Waals surface area (Å²) in [7, 11) is 0. The second-order valence-corrected chi connectivity index (χ2v) is 9.22. The number of piperazine rings is 1. The molecule has 2 heterocycles. The van der Waals surface area contributed by atoms with E-state index >= 15 is 0 Å². The van der Waals surface area contributed by atoms with Crippen LogP contribution >= 0.6 is 0 Å². The molecule has 0 bridgehead atoms. The number of pyridine rings is 1. The Labute approximate surface area is 194 Å². The lowest BCUT2D eigenvalue weighted by Gasteiger charge is -2.35. The second kappa shape index (κ2) is 8.81. The fourth-order valence-corrected chi connectivity index (χ4v) is 5.11. The van der Waals surface area contributed by atoms with E-state index in [4.69, 9.17) is 4.98 Å². The van der Waals surface area contributed by atoms with E-state index in [2.05, 4.69) is 25.1 Å². The number of amides is 2. The molecular weight excluding hydrogens is 410 g/mol. The van der Waals surface area contributed by atoms with Crippen LogP contribution in [-0.4, -0.2) is 52.8 Å². The Bertz CT molecular complexity index is 1240. The van der Waals surface area contributed by atoms with Crippen molar-refractivity contribution < 1.29 is 9.59 Å². The van der Waals surface area contributed by atoms with Crippen LogP contribution in [0.5, 0.6) is 0 Å². The fraction of sp³-hybridized carbons (Fsp3) is 0.321. The molecule has 168 valence electrons. The molecule has 0 N–H and O–H groups in total. The largest absolute Gasteiger partial charge is 0.339 e. The van der Waals surface area contributed by atoms with Gasteiger partial charge in [0, 0.05) is 38.5 Å². The number of hydrogen-bond donors (Lipinski definition) is 0. The summed E-state index contributed by atoms with van der Waals surface area (Å²) in [6.45, 7) is 6.13. The van der Waals surface area contributed by atoms with Crippen molar-refractivity contribution in [3.05, 3.63) is 77.0 Å². The van der Waals surface area contributed by atoms with Crippen LogP contribution in [0.25, 0.3) is 22.6 Å². The van der Waals surface area contributed by atoms with Gasteiger partial charge in [0.1, 0.15) is 0 Å². The number of aromatic nitrogens is 1. The molecule has 1 aliphatic heterocycles. The summed E-state index contributed by atoms with van der Waals surface area (Å²) in [5, 5.41) is 0.920. The molecule has 5 nitrogen and oxygen atoms in total. The van der Waals surface area contributed by atoms with Gasteiger partial charge in [0.15, 0.2) is 0 Å². The highest BCUT2D eigenvalue weighted by Gasteiger charge is 2.31. The highest BCUT2D eigenvalue weighted by molar-refractivity contribution is 6.09. The van der Waals surface area contributed by atoms with Crippen molar-refractivity contribution in [3.8, 4) is 0 Å². The molecule has 1 atom stereocenters. The van der Waals surface area contributed by atoms with Gasteiger partial charge in [0.2, 0.25) is 5.91 Å². The van der Waals surface area contributed by atoms with E-state index in [0.29, 0.717) is 32.1 Å². The van der Waals surface area contributed by atoms with Crippen molar-refractivity contribution >= 4 is 34.4 Å². The Morgan fingerprint density at radius 3 is 2.30 bits per heavy atom. The number of benzene rings is 2. The smallest absolute Gasteiger partial charge is 0.255 e. The number of para-hydroxylation sites is 1. The first kappa shape index (κ1) is 21.4. The summed E-state index contributed by atoms with van der Waals surface area (Å²) in [6, 6.07) is 18.3. The zero-order valence-corrected chi connectivity index (χ0v) is 19.3. The molecule has 3 aromatic rings. The van der Waals surface area contributed by atoms with Crippen LogP contribution in [0.1, 0.15) is 47.4 Å². The van der Waals surface area contributed by atoms with Gasteiger partial charge < -0.3 is 9.80 Å². The summed E-state index contributed by atoms with van der Waals surface area (Å²) in [6.07, 6.45) is 4.00. The van der Waals surface area contributed by atoms with E-state index in [9.17, 15) is 9.59 Å². The number of carbonyl (C=O) groups excluding carboxylic acids is 2. The average molecular weight is 440 g/mol. The van der Waals surface area contributed by atoms with Crippen molar-refractivity contribution in [1.82, 2.24) is 14.8 Å². The zero-order valence-electron chi connectivity index (χ0n) is 19.3. The third-order valence-electron chi connectivity index (χ3n) is 6.78. The molecule has 1 unspecified atom stereocenters. The topological polar surface area (TPSA) is 53.5 Å². The molecule has 2 aromatic carbocycles. The molecule has 5 rings (SSSR count). The first-order valence-electron chi connectivity index (χ1n) is 11.7. The number of rotatable bonds is 2. The monoisotopic (exact) mass is 439 g/mol. The van der Waals surface area contributed by atoms with Crippen molar-refractivity contribution in [3.63, 3.8) is 0 Å². The highest BCUT2D eigenvalue weighted by Crippen LogP contribution is 2.39. The van der Waals surface area contributed by atoms with Gasteiger partial charge >= 0.3 is 0 Å². The maximum absolute atomic E-state index is 13.9. The SMILES string of the molecule is CC(=O)N1CCN(C(=O)c2c3c(nc4ccccc24)/C(=C/c2ccccc2)CC(C)C3)CC1. The van der Waals surface area contributed by atoms with Crippen LogP contribution in [0.4, 0.5) is 0 Å². The van der Waals surface area contributed by atoms with E-state index < -0.39 is 0 Å². The van der Waals surface area contributed by atoms with E-state index in [1.165, 1.54) is 5.57 Å². The van der Waals surface area contributed by atoms with E-state index in [1.54, 1.807) is 6.92 Å². The van der Waals surface area contributed by atoms with Crippen molar-refractivity contribution in [2.45, 2.75) is 26.7 Å². The second-order valence-electron chi connectivity index (χ2n) is 9.22. The Morgan fingerprint density at radius 2 is 1.58 bits per heavy atom. The van der Waals surface area contributed by atoms with Crippen LogP contribution in [0.15, 0.2) is 54.6 Å². The minimum absolute atomic E-state index is 0.0567. The number of allylic oxidation sites excluding steroid dienone is 1. The summed E-state index contributed by atoms with van der Waals surface area (Å²) < 4.78 is 0. The molecule has 1 aliphatic carbocycles. The maximum atomic E-state index is 13.9. The Hall–Kier alpha value is -3.47. The van der Waals surface area contributed by atoms with Gasteiger partial charge in [-0.25, -0.2) is 4.98 Å². The third kappa shape index (κ3) is 4.15. The lowest BCUT2D eigenvalue weighted by Crippen LogP contribution is -2.50. The van der Waals surface area contributed by atoms with Crippen molar-refractivity contribution in [2.75, 3.05) is 26.2 Å². The first-order chi connectivity index (χ1) is 16.0. The molecule has 1 aromatic heterocycles. The van der Waals surface area contributed by atoms with Gasteiger partial charge in [-0.15, -0.1) is 0 Å². The van der Waals surface area contributed by atoms with Gasteiger partial charge in [-0.2, -0.15) is 0 Å². The van der Waals surface area contributed by atoms with E-state index in [1.807, 2.05) is 52.3 Å². The van der Waals surface area contributed by atoms with Gasteiger partial charge in [0.25, 0.3) is 5.91 Å². The quantitative estimate of drug-likeness (QED) is 0.584. The molecule has 1 saturated heterocycles. The lowest BCUT2D eigenvalue weighted by atomic mass is 9.80. The fourth-order valence-electron chi connectivity index (χ4n) is 5.11. The van der Waals surface area contributed by atoms with E-state index in [0.717, 1.165) is 46.1 Å². The first-order valence-corrected chi connectivity index (χ1v) is 11.7. The standard InChI is InChI=1S/C28H29N3O2/c1-19-16-22(18-21-8-4-3-5-9-21)27-24(17-19)26(23-10-6-7-11-25(23)29-27)28(33)31-14-12-30(13-15-31)20(2)32/h3-11,18-19H,12-17H2,1-2H3/b22-18+. The number of hydrogen-bond acceptors (Lipinski definition) is 3. The third-order valence-corrected chi connectivity index (χ3v) is 6.78. The van der Waals surface area contributed by atoms with E-state index in [-0.39, 0.29) is 11.8 Å². The lowest BCUT2D eigenvalue weighted by molar-refractivity contribution is -0.130. The molecular formula is C28H29N3O2. The molecule has 33 heavy (non-hydrogen) atoms. The molecule has 5 heteroatoms. The maximum Gasteiger partial charge on any atom is 0.255 e. The highest BCUT2D eigenvalue weighted by atomic mass is 16.2. The summed E-state index contributed by atoms with van der Waals surface area (Å²) in [4.78, 5) is 34.4. The predicted octanol–water partition coefficient (Wildman–Crippen LogP) is 4.66. The van der Waals surface area contributed by atoms with Crippen molar-refractivity contribution in [2.24, 2.45) is 5.92 Å². The summed E-state index contributed by atoms with van der Waals surface area (Å²) >= 11 is 0. The average Bonchev–Trinajstić information content (AvgIpc) is 2.83. The molecule has 0 radical (unpaired) electrons. The predicted molar refractivity (Wildman–Crippen MR) is 132 cm³/mol. The van der Waals surface area contributed by atoms with Crippen LogP contribution in [0.2, 0.25) is 0 Å². The molecule has 2 aliphatic rings. The van der Waals surface area contributed by atoms with Crippen LogP contribution < -0.4 is 0 Å². The Balaban J connectivity index is 1.62. The van der Waals surface area contributed by atoms with Gasteiger partial charge in [-0.1, -0.05) is 55.5 Å². The number of fused-ring (bicyclic) bond motifs is 2. The zero-order chi connectivity index (χ0) is 22.9. The molecule has 1 fully saturated rings. The number of nitrogens with zero attached hydrogens (tertiary/aromatic N) is 3. The summed E-state index contributed by atoms with van der Waals surface area (Å²) in [5.74, 6) is 0.552. The number of carbonyl (C=O) groups is 2. The van der Waals surface area contributed by atoms with Crippen molar-refractivity contribution in [1.29, 1.82) is 0 Å². The Kier molecular flexibility index (Phi) is 5.71. The normalized spacial score (nSPS) is 19.6. The Morgan fingerprint density at radius 1 is 0.909 bits per heavy atom. The minimum Gasteiger partial charge on any atom is -0.339 e. The van der Waals surface area contributed by atoms with Crippen LogP contribution in [0.3, 0.4) is 0 Å². The van der Waals surface area contributed by atoms with Crippen LogP contribution in [-0.2, 0) is 11.2 Å². The van der Waals surface area contributed by atoms with Gasteiger partial charge in [0.05, 0.1) is 16.8 Å². The summed E-state index contributed by atoms with van der Waals surface area (Å²) in [5.41, 5.74) is 6.01. The van der Waals surface area contributed by atoms with Crippen LogP contribution in [0, 0.1) is 5.92 Å². The van der Waals surface area contributed by atoms with Gasteiger partial charge in [-0.3, -0.25) is 9.59 Å². The molecule has 0 spiro atoms. The molecule has 2 amide bonds. The van der Waals surface area contributed by atoms with Gasteiger partial charge in [-0.05, 0) is 47.6 Å².